The van der Waals surface area contributed by atoms with Crippen molar-refractivity contribution in [3.05, 3.63) is 71.2 Å². The normalized spacial score (nSPS) is 15.7. The Morgan fingerprint density at radius 1 is 1.25 bits per heavy atom. The van der Waals surface area contributed by atoms with Gasteiger partial charge in [-0.2, -0.15) is 5.10 Å². The number of carbonyl (C=O) groups is 2. The number of hydrogen-bond donors (Lipinski definition) is 1. The molecule has 28 heavy (non-hydrogen) atoms. The van der Waals surface area contributed by atoms with Crippen LogP contribution in [0.25, 0.3) is 5.69 Å². The van der Waals surface area contributed by atoms with Gasteiger partial charge < -0.3 is 10.1 Å². The summed E-state index contributed by atoms with van der Waals surface area (Å²) in [4.78, 5) is 25.5. The van der Waals surface area contributed by atoms with E-state index in [0.29, 0.717) is 34.1 Å². The zero-order valence-electron chi connectivity index (χ0n) is 15.4. The highest BCUT2D eigenvalue weighted by molar-refractivity contribution is 6.08. The first kappa shape index (κ1) is 17.9. The van der Waals surface area contributed by atoms with Crippen LogP contribution in [0.3, 0.4) is 0 Å². The van der Waals surface area contributed by atoms with Crippen molar-refractivity contribution in [2.45, 2.75) is 19.3 Å². The van der Waals surface area contributed by atoms with Gasteiger partial charge in [-0.15, -0.1) is 0 Å². The molecule has 1 aromatic heterocycles. The fraction of sp³-hybridized carbons (Fsp3) is 0.190. The Morgan fingerprint density at radius 3 is 2.79 bits per heavy atom. The highest BCUT2D eigenvalue weighted by Crippen LogP contribution is 2.38. The van der Waals surface area contributed by atoms with Crippen LogP contribution < -0.4 is 10.1 Å². The number of amides is 1. The van der Waals surface area contributed by atoms with Gasteiger partial charge in [0.05, 0.1) is 24.4 Å². The second-order valence-corrected chi connectivity index (χ2v) is 6.64. The molecule has 2 aromatic carbocycles. The number of carbonyl (C=O) groups excluding carboxylic acids is 2. The lowest BCUT2D eigenvalue weighted by atomic mass is 9.85. The minimum Gasteiger partial charge on any atom is -0.497 e. The van der Waals surface area contributed by atoms with Crippen LogP contribution in [0.1, 0.15) is 34.0 Å². The summed E-state index contributed by atoms with van der Waals surface area (Å²) < 4.78 is 20.3. The van der Waals surface area contributed by atoms with E-state index in [1.165, 1.54) is 23.9 Å². The van der Waals surface area contributed by atoms with Crippen LogP contribution in [-0.4, -0.2) is 28.6 Å². The summed E-state index contributed by atoms with van der Waals surface area (Å²) in [5.41, 5.74) is 2.19. The quantitative estimate of drug-likeness (QED) is 0.703. The third kappa shape index (κ3) is 3.05. The maximum absolute atomic E-state index is 13.7. The minimum atomic E-state index is -0.668. The molecule has 0 fully saturated rings. The average molecular weight is 379 g/mol. The molecule has 6 nitrogen and oxygen atoms in total. The Bertz CT molecular complexity index is 1090. The summed E-state index contributed by atoms with van der Waals surface area (Å²) in [7, 11) is 1.53. The summed E-state index contributed by atoms with van der Waals surface area (Å²) in [5, 5.41) is 7.24. The summed E-state index contributed by atoms with van der Waals surface area (Å²) in [6.45, 7) is 1.78. The number of aromatic nitrogens is 2. The molecule has 0 saturated carbocycles. The fourth-order valence-electron chi connectivity index (χ4n) is 3.54. The summed E-state index contributed by atoms with van der Waals surface area (Å²) in [6, 6.07) is 12.8. The van der Waals surface area contributed by atoms with E-state index >= 15 is 0 Å². The third-order valence-electron chi connectivity index (χ3n) is 4.83. The number of aryl methyl sites for hydroxylation is 1. The Kier molecular flexibility index (Phi) is 4.43. The van der Waals surface area contributed by atoms with Gasteiger partial charge in [-0.1, -0.05) is 18.2 Å². The Labute approximate surface area is 160 Å². The van der Waals surface area contributed by atoms with Crippen molar-refractivity contribution < 1.29 is 18.7 Å². The molecule has 1 N–H and O–H groups in total. The lowest BCUT2D eigenvalue weighted by molar-refractivity contribution is -0.116. The lowest BCUT2D eigenvalue weighted by Crippen LogP contribution is -2.28. The molecule has 3 aromatic rings. The molecule has 1 aliphatic rings. The largest absolute Gasteiger partial charge is 0.497 e. The number of hydrogen-bond acceptors (Lipinski definition) is 4. The highest BCUT2D eigenvalue weighted by Gasteiger charge is 2.36. The molecule has 1 atom stereocenters. The first-order valence-electron chi connectivity index (χ1n) is 8.81. The zero-order chi connectivity index (χ0) is 19.8. The smallest absolute Gasteiger partial charge is 0.226 e. The molecule has 0 saturated heterocycles. The van der Waals surface area contributed by atoms with Crippen molar-refractivity contribution in [1.82, 2.24) is 9.78 Å². The van der Waals surface area contributed by atoms with Crippen LogP contribution >= 0.6 is 0 Å². The number of ether oxygens (including phenoxy) is 1. The lowest BCUT2D eigenvalue weighted by Gasteiger charge is -2.23. The second kappa shape index (κ2) is 6.92. The van der Waals surface area contributed by atoms with E-state index in [9.17, 15) is 14.0 Å². The van der Waals surface area contributed by atoms with Crippen LogP contribution in [0.2, 0.25) is 0 Å². The van der Waals surface area contributed by atoms with Crippen LogP contribution in [0.15, 0.2) is 48.5 Å². The van der Waals surface area contributed by atoms with Crippen molar-refractivity contribution in [2.24, 2.45) is 0 Å². The van der Waals surface area contributed by atoms with Crippen molar-refractivity contribution in [1.29, 1.82) is 0 Å². The monoisotopic (exact) mass is 379 g/mol. The highest BCUT2D eigenvalue weighted by atomic mass is 19.1. The number of nitrogens with zero attached hydrogens (tertiary/aromatic N) is 2. The van der Waals surface area contributed by atoms with E-state index in [2.05, 4.69) is 10.4 Å². The molecule has 7 heteroatoms. The van der Waals surface area contributed by atoms with Crippen LogP contribution in [0.4, 0.5) is 10.2 Å². The summed E-state index contributed by atoms with van der Waals surface area (Å²) in [6.07, 6.45) is 0.0265. The summed E-state index contributed by atoms with van der Waals surface area (Å²) >= 11 is 0. The van der Waals surface area contributed by atoms with Gasteiger partial charge >= 0.3 is 0 Å². The SMILES string of the molecule is COc1cccc(C(=O)C2CC(=O)Nc3c2c(C)nn3-c2cccc(F)c2)c1. The molecule has 0 bridgehead atoms. The molecule has 0 spiro atoms. The Hall–Kier alpha value is -3.48. The minimum absolute atomic E-state index is 0.0265. The van der Waals surface area contributed by atoms with Gasteiger partial charge in [-0.3, -0.25) is 9.59 Å². The number of benzene rings is 2. The van der Waals surface area contributed by atoms with Crippen LogP contribution in [0, 0.1) is 12.7 Å². The van der Waals surface area contributed by atoms with Gasteiger partial charge in [-0.05, 0) is 37.3 Å². The number of rotatable bonds is 4. The molecule has 1 amide bonds. The number of anilines is 1. The molecule has 0 aliphatic carbocycles. The second-order valence-electron chi connectivity index (χ2n) is 6.64. The van der Waals surface area contributed by atoms with E-state index in [-0.39, 0.29) is 18.1 Å². The van der Waals surface area contributed by atoms with E-state index < -0.39 is 11.7 Å². The number of nitrogens with one attached hydrogen (secondary N) is 1. The molecule has 1 unspecified atom stereocenters. The molecule has 2 heterocycles. The molecule has 0 radical (unpaired) electrons. The third-order valence-corrected chi connectivity index (χ3v) is 4.83. The van der Waals surface area contributed by atoms with Gasteiger partial charge in [0.2, 0.25) is 5.91 Å². The van der Waals surface area contributed by atoms with Gasteiger partial charge in [-0.25, -0.2) is 9.07 Å². The number of ketones is 1. The average Bonchev–Trinajstić information content (AvgIpc) is 3.03. The van der Waals surface area contributed by atoms with E-state index in [0.717, 1.165) is 0 Å². The van der Waals surface area contributed by atoms with Gasteiger partial charge in [0, 0.05) is 17.5 Å². The predicted molar refractivity (Wildman–Crippen MR) is 102 cm³/mol. The van der Waals surface area contributed by atoms with E-state index in [1.807, 2.05) is 0 Å². The van der Waals surface area contributed by atoms with Gasteiger partial charge in [0.25, 0.3) is 0 Å². The van der Waals surface area contributed by atoms with E-state index in [1.54, 1.807) is 43.3 Å². The maximum Gasteiger partial charge on any atom is 0.226 e. The van der Waals surface area contributed by atoms with E-state index in [4.69, 9.17) is 4.74 Å². The molecular formula is C21H18FN3O3. The van der Waals surface area contributed by atoms with Crippen molar-refractivity contribution in [3.8, 4) is 11.4 Å². The number of halogens is 1. The molecule has 1 aliphatic heterocycles. The maximum atomic E-state index is 13.7. The van der Waals surface area contributed by atoms with Gasteiger partial charge in [0.1, 0.15) is 17.4 Å². The standard InChI is InChI=1S/C21H18FN3O3/c1-12-19-17(20(27)13-5-3-8-16(9-13)28-2)11-18(26)23-21(19)25(24-12)15-7-4-6-14(22)10-15/h3-10,17H,11H2,1-2H3,(H,23,26). The van der Waals surface area contributed by atoms with Crippen LogP contribution in [0.5, 0.6) is 5.75 Å². The topological polar surface area (TPSA) is 73.2 Å². The van der Waals surface area contributed by atoms with Crippen molar-refractivity contribution in [3.63, 3.8) is 0 Å². The Morgan fingerprint density at radius 2 is 2.04 bits per heavy atom. The first-order chi connectivity index (χ1) is 13.5. The number of fused-ring (bicyclic) bond motifs is 1. The van der Waals surface area contributed by atoms with Crippen LogP contribution in [-0.2, 0) is 4.79 Å². The number of methoxy groups -OCH3 is 1. The van der Waals surface area contributed by atoms with Crippen molar-refractivity contribution >= 4 is 17.5 Å². The van der Waals surface area contributed by atoms with Crippen molar-refractivity contribution in [2.75, 3.05) is 12.4 Å². The predicted octanol–water partition coefficient (Wildman–Crippen LogP) is 3.64. The molecule has 142 valence electrons. The zero-order valence-corrected chi connectivity index (χ0v) is 15.4. The first-order valence-corrected chi connectivity index (χ1v) is 8.81. The molecule has 4 rings (SSSR count). The number of Topliss-reactive ketones (excluding diaryl/α,β-unsaturated/α-hetero) is 1. The molecular weight excluding hydrogens is 361 g/mol. The Balaban J connectivity index is 1.81. The van der Waals surface area contributed by atoms with Gasteiger partial charge in [0.15, 0.2) is 5.78 Å². The fourth-order valence-corrected chi connectivity index (χ4v) is 3.54. The summed E-state index contributed by atoms with van der Waals surface area (Å²) in [5.74, 6) is -0.578.